The van der Waals surface area contributed by atoms with Gasteiger partial charge in [-0.15, -0.1) is 0 Å². The summed E-state index contributed by atoms with van der Waals surface area (Å²) in [5, 5.41) is 10.6. The summed E-state index contributed by atoms with van der Waals surface area (Å²) in [6.07, 6.45) is 12.4. The average molecular weight is 544 g/mol. The number of unbranched alkanes of at least 4 members (excludes halogenated alkanes) is 11. The van der Waals surface area contributed by atoms with Crippen molar-refractivity contribution >= 4 is 56.2 Å². The van der Waals surface area contributed by atoms with Crippen molar-refractivity contribution in [2.45, 2.75) is 108 Å². The first kappa shape index (κ1) is 34.2. The Labute approximate surface area is 245 Å². The van der Waals surface area contributed by atoms with E-state index in [-0.39, 0.29) is 42.4 Å². The molecule has 3 unspecified atom stereocenters. The number of hydrogen-bond donors (Lipinski definition) is 3. The number of nitrogens with two attached hydrogens (primary N) is 1. The summed E-state index contributed by atoms with van der Waals surface area (Å²) in [5.41, 5.74) is 6.13. The summed E-state index contributed by atoms with van der Waals surface area (Å²) in [7, 11) is -4.39. The van der Waals surface area contributed by atoms with Crippen LogP contribution < -0.4 is 5.73 Å². The van der Waals surface area contributed by atoms with Crippen molar-refractivity contribution in [2.75, 3.05) is 0 Å². The van der Waals surface area contributed by atoms with E-state index in [0.29, 0.717) is 12.0 Å². The van der Waals surface area contributed by atoms with Crippen LogP contribution in [0.5, 0.6) is 0 Å². The zero-order valence-corrected chi connectivity index (χ0v) is 22.6. The van der Waals surface area contributed by atoms with Gasteiger partial charge in [0.25, 0.3) is 10.1 Å². The van der Waals surface area contributed by atoms with E-state index in [9.17, 15) is 22.9 Å². The van der Waals surface area contributed by atoms with Gasteiger partial charge in [0.1, 0.15) is 6.23 Å². The normalized spacial score (nSPS) is 14.2. The maximum absolute atomic E-state index is 13.3. The van der Waals surface area contributed by atoms with Crippen LogP contribution in [0.2, 0.25) is 0 Å². The number of Topliss-reactive ketones (excluding diaryl/α,β-unsaturated/α-hetero) is 1. The van der Waals surface area contributed by atoms with Crippen LogP contribution in [0.15, 0.2) is 42.5 Å². The van der Waals surface area contributed by atoms with Gasteiger partial charge in [-0.3, -0.25) is 9.35 Å². The van der Waals surface area contributed by atoms with E-state index in [1.807, 2.05) is 30.3 Å². The predicted octanol–water partition coefficient (Wildman–Crippen LogP) is 6.01. The van der Waals surface area contributed by atoms with Gasteiger partial charge in [-0.05, 0) is 23.6 Å². The van der Waals surface area contributed by atoms with Crippen molar-refractivity contribution in [3.63, 3.8) is 0 Å². The molecule has 0 fully saturated rings. The second kappa shape index (κ2) is 18.5. The molecule has 0 amide bonds. The molecule has 2 aromatic rings. The van der Waals surface area contributed by atoms with Crippen LogP contribution in [-0.2, 0) is 10.1 Å². The zero-order chi connectivity index (χ0) is 26.4. The Kier molecular flexibility index (Phi) is 17.1. The van der Waals surface area contributed by atoms with Gasteiger partial charge in [-0.1, -0.05) is 126 Å². The maximum atomic E-state index is 13.3. The molecule has 37 heavy (non-hydrogen) atoms. The predicted molar refractivity (Wildman–Crippen MR) is 155 cm³/mol. The molecule has 0 saturated heterocycles. The van der Waals surface area contributed by atoms with Crippen LogP contribution in [0, 0.1) is 5.92 Å². The molecule has 0 heterocycles. The van der Waals surface area contributed by atoms with E-state index in [4.69, 9.17) is 5.73 Å². The van der Waals surface area contributed by atoms with Crippen LogP contribution in [0.1, 0.15) is 107 Å². The Bertz CT molecular complexity index is 1020. The molecule has 0 aliphatic heterocycles. The molecule has 0 spiro atoms. The second-order valence-electron chi connectivity index (χ2n) is 10.0. The molecule has 3 atom stereocenters. The quantitative estimate of drug-likeness (QED) is 0.0657. The first-order valence-corrected chi connectivity index (χ1v) is 15.2. The fourth-order valence-corrected chi connectivity index (χ4v) is 5.84. The zero-order valence-electron chi connectivity index (χ0n) is 21.8. The van der Waals surface area contributed by atoms with Crippen LogP contribution in [-0.4, -0.2) is 64.9 Å². The molecule has 0 aromatic heterocycles. The summed E-state index contributed by atoms with van der Waals surface area (Å²) in [6, 6.07) is 12.7. The Morgan fingerprint density at radius 2 is 1.35 bits per heavy atom. The van der Waals surface area contributed by atoms with Crippen LogP contribution >= 0.6 is 0 Å². The van der Waals surface area contributed by atoms with Crippen molar-refractivity contribution in [1.29, 1.82) is 0 Å². The van der Waals surface area contributed by atoms with Crippen LogP contribution in [0.3, 0.4) is 0 Å². The van der Waals surface area contributed by atoms with E-state index < -0.39 is 33.3 Å². The van der Waals surface area contributed by atoms with Gasteiger partial charge in [0, 0.05) is 5.56 Å². The van der Waals surface area contributed by atoms with E-state index in [1.165, 1.54) is 51.4 Å². The number of benzene rings is 2. The van der Waals surface area contributed by atoms with Crippen LogP contribution in [0.4, 0.5) is 0 Å². The third-order valence-corrected chi connectivity index (χ3v) is 8.39. The number of hydrogen-bond acceptors (Lipinski definition) is 5. The van der Waals surface area contributed by atoms with Crippen molar-refractivity contribution in [2.24, 2.45) is 11.7 Å². The summed E-state index contributed by atoms with van der Waals surface area (Å²) >= 11 is 0. The second-order valence-corrected chi connectivity index (χ2v) is 11.7. The molecule has 0 aliphatic carbocycles. The standard InChI is InChI=1S/C29H45NO5S.Na.H/c1-2-3-4-5-6-7-8-9-10-11-12-13-19-24(36(33,34)35)22-27(29(30)32)28(31)26-21-16-18-23-17-14-15-20-25(23)26;;/h14-18,20-21,24,27,29,32H,2-13,19,22,30H2,1H3,(H,33,34,35);;. The number of ketones is 1. The molecule has 2 aromatic carbocycles. The van der Waals surface area contributed by atoms with Crippen LogP contribution in [0.25, 0.3) is 10.8 Å². The first-order valence-electron chi connectivity index (χ1n) is 13.7. The Hall–Kier alpha value is -0.800. The topological polar surface area (TPSA) is 118 Å². The third-order valence-electron chi connectivity index (χ3n) is 7.12. The van der Waals surface area contributed by atoms with Gasteiger partial charge < -0.3 is 10.8 Å². The molecule has 0 saturated carbocycles. The van der Waals surface area contributed by atoms with E-state index in [1.54, 1.807) is 12.1 Å². The minimum atomic E-state index is -4.39. The van der Waals surface area contributed by atoms with Gasteiger partial charge in [0.05, 0.1) is 11.2 Å². The number of carbonyl (C=O) groups excluding carboxylic acids is 1. The number of aliphatic hydroxyl groups excluding tert-OH is 1. The SMILES string of the molecule is CCCCCCCCCCCCCCC(CC(C(=O)c1cccc2ccccc12)C(N)O)S(=O)(=O)O.[NaH]. The Morgan fingerprint density at radius 3 is 1.89 bits per heavy atom. The Balaban J connectivity index is 0.00000684. The fraction of sp³-hybridized carbons (Fsp3) is 0.621. The molecule has 204 valence electrons. The van der Waals surface area contributed by atoms with Crippen molar-refractivity contribution < 1.29 is 22.9 Å². The molecule has 0 radical (unpaired) electrons. The minimum absolute atomic E-state index is 0. The molecule has 4 N–H and O–H groups in total. The van der Waals surface area contributed by atoms with Gasteiger partial charge in [-0.25, -0.2) is 0 Å². The van der Waals surface area contributed by atoms with Gasteiger partial charge in [0.2, 0.25) is 0 Å². The molecule has 8 heteroatoms. The molecular formula is C29H46NNaO5S. The van der Waals surface area contributed by atoms with Crippen molar-refractivity contribution in [3.05, 3.63) is 48.0 Å². The van der Waals surface area contributed by atoms with E-state index in [0.717, 1.165) is 30.0 Å². The summed E-state index contributed by atoms with van der Waals surface area (Å²) in [4.78, 5) is 13.3. The van der Waals surface area contributed by atoms with E-state index >= 15 is 0 Å². The third kappa shape index (κ3) is 12.3. The monoisotopic (exact) mass is 543 g/mol. The number of aliphatic hydroxyl groups is 1. The van der Waals surface area contributed by atoms with Gasteiger partial charge >= 0.3 is 29.6 Å². The molecule has 0 bridgehead atoms. The number of rotatable bonds is 19. The molecule has 2 rings (SSSR count). The Morgan fingerprint density at radius 1 is 0.838 bits per heavy atom. The number of carbonyl (C=O) groups is 1. The number of fused-ring (bicyclic) bond motifs is 1. The average Bonchev–Trinajstić information content (AvgIpc) is 2.84. The summed E-state index contributed by atoms with van der Waals surface area (Å²) in [5.74, 6) is -1.54. The fourth-order valence-electron chi connectivity index (χ4n) is 4.93. The van der Waals surface area contributed by atoms with E-state index in [2.05, 4.69) is 6.92 Å². The molecule has 0 aliphatic rings. The van der Waals surface area contributed by atoms with Gasteiger partial charge in [-0.2, -0.15) is 8.42 Å². The molecular weight excluding hydrogens is 497 g/mol. The first-order chi connectivity index (χ1) is 17.3. The summed E-state index contributed by atoms with van der Waals surface area (Å²) < 4.78 is 34.1. The summed E-state index contributed by atoms with van der Waals surface area (Å²) in [6.45, 7) is 2.23. The molecule has 6 nitrogen and oxygen atoms in total. The van der Waals surface area contributed by atoms with Crippen molar-refractivity contribution in [3.8, 4) is 0 Å². The van der Waals surface area contributed by atoms with Crippen molar-refractivity contribution in [1.82, 2.24) is 0 Å². The van der Waals surface area contributed by atoms with Gasteiger partial charge in [0.15, 0.2) is 5.78 Å².